The van der Waals surface area contributed by atoms with Gasteiger partial charge in [-0.3, -0.25) is 9.69 Å². The van der Waals surface area contributed by atoms with Gasteiger partial charge in [0.05, 0.1) is 18.7 Å². The Morgan fingerprint density at radius 1 is 1.14 bits per heavy atom. The number of benzene rings is 2. The van der Waals surface area contributed by atoms with Crippen molar-refractivity contribution in [1.82, 2.24) is 9.80 Å². The Bertz CT molecular complexity index is 1100. The van der Waals surface area contributed by atoms with Gasteiger partial charge in [0.25, 0.3) is 0 Å². The molecule has 186 valence electrons. The van der Waals surface area contributed by atoms with E-state index in [0.29, 0.717) is 25.6 Å². The number of aryl methyl sites for hydroxylation is 1. The maximum absolute atomic E-state index is 13.7. The average molecular weight is 493 g/mol. The van der Waals surface area contributed by atoms with Crippen molar-refractivity contribution in [2.24, 2.45) is 5.92 Å². The largest absolute Gasteiger partial charge is 0.491 e. The summed E-state index contributed by atoms with van der Waals surface area (Å²) in [6, 6.07) is 19.7. The van der Waals surface area contributed by atoms with Gasteiger partial charge >= 0.3 is 0 Å². The molecule has 2 atom stereocenters. The molecule has 0 aliphatic carbocycles. The number of amides is 1. The van der Waals surface area contributed by atoms with Crippen LogP contribution in [0.5, 0.6) is 5.75 Å². The molecule has 1 aliphatic rings. The van der Waals surface area contributed by atoms with Crippen LogP contribution in [-0.4, -0.2) is 53.6 Å². The zero-order valence-corrected chi connectivity index (χ0v) is 21.7. The molecule has 2 heterocycles. The maximum Gasteiger partial charge on any atom is 0.237 e. The molecule has 3 aromatic rings. The first-order valence-electron chi connectivity index (χ1n) is 12.4. The summed E-state index contributed by atoms with van der Waals surface area (Å²) in [4.78, 5) is 19.1. The van der Waals surface area contributed by atoms with Gasteiger partial charge in [-0.1, -0.05) is 56.3 Å². The molecule has 0 fully saturated rings. The standard InChI is InChI=1S/C29H36N2O3S/c1-21(2)17-30(18-27(32)23-9-5-4-6-10-23)19-29(33)31-14-12-28-25(13-15-35-28)26(31)20-34-24-11-7-8-22(3)16-24/h4-11,13,15-16,21,26-27,32H,12,14,17-20H2,1-3H3. The van der Waals surface area contributed by atoms with Crippen molar-refractivity contribution in [3.8, 4) is 5.75 Å². The number of hydrogen-bond acceptors (Lipinski definition) is 5. The Balaban J connectivity index is 1.48. The molecule has 1 aliphatic heterocycles. The first kappa shape index (κ1) is 25.4. The van der Waals surface area contributed by atoms with E-state index in [4.69, 9.17) is 4.74 Å². The predicted molar refractivity (Wildman–Crippen MR) is 142 cm³/mol. The molecule has 2 unspecified atom stereocenters. The van der Waals surface area contributed by atoms with Gasteiger partial charge in [-0.2, -0.15) is 0 Å². The second kappa shape index (κ2) is 11.8. The molecule has 0 radical (unpaired) electrons. The Kier molecular flexibility index (Phi) is 8.60. The zero-order chi connectivity index (χ0) is 24.8. The van der Waals surface area contributed by atoms with E-state index < -0.39 is 6.10 Å². The van der Waals surface area contributed by atoms with Crippen molar-refractivity contribution in [3.63, 3.8) is 0 Å². The normalized spacial score (nSPS) is 16.4. The number of hydrogen-bond donors (Lipinski definition) is 1. The fraction of sp³-hybridized carbons (Fsp3) is 0.414. The minimum atomic E-state index is -0.631. The zero-order valence-electron chi connectivity index (χ0n) is 20.9. The molecule has 4 rings (SSSR count). The molecular weight excluding hydrogens is 456 g/mol. The number of ether oxygens (including phenoxy) is 1. The molecule has 1 N–H and O–H groups in total. The van der Waals surface area contributed by atoms with Crippen molar-refractivity contribution >= 4 is 17.2 Å². The van der Waals surface area contributed by atoms with E-state index in [2.05, 4.69) is 30.2 Å². The van der Waals surface area contributed by atoms with E-state index in [0.717, 1.165) is 29.8 Å². The third-order valence-electron chi connectivity index (χ3n) is 6.41. The number of fused-ring (bicyclic) bond motifs is 1. The van der Waals surface area contributed by atoms with Gasteiger partial charge in [0.15, 0.2) is 0 Å². The Morgan fingerprint density at radius 3 is 2.69 bits per heavy atom. The van der Waals surface area contributed by atoms with Crippen LogP contribution in [0.1, 0.15) is 47.6 Å². The summed E-state index contributed by atoms with van der Waals surface area (Å²) in [6.45, 7) is 8.90. The highest BCUT2D eigenvalue weighted by Crippen LogP contribution is 2.34. The lowest BCUT2D eigenvalue weighted by Crippen LogP contribution is -2.47. The first-order valence-corrected chi connectivity index (χ1v) is 13.3. The summed E-state index contributed by atoms with van der Waals surface area (Å²) in [5.74, 6) is 1.30. The summed E-state index contributed by atoms with van der Waals surface area (Å²) in [7, 11) is 0. The quantitative estimate of drug-likeness (QED) is 0.420. The SMILES string of the molecule is Cc1cccc(OCC2c3ccsc3CCN2C(=O)CN(CC(C)C)CC(O)c2ccccc2)c1. The van der Waals surface area contributed by atoms with Gasteiger partial charge < -0.3 is 14.7 Å². The van der Waals surface area contributed by atoms with Gasteiger partial charge in [-0.25, -0.2) is 0 Å². The minimum absolute atomic E-state index is 0.0839. The van der Waals surface area contributed by atoms with Crippen molar-refractivity contribution in [1.29, 1.82) is 0 Å². The Morgan fingerprint density at radius 2 is 1.94 bits per heavy atom. The smallest absolute Gasteiger partial charge is 0.237 e. The Labute approximate surface area is 213 Å². The highest BCUT2D eigenvalue weighted by Gasteiger charge is 2.33. The van der Waals surface area contributed by atoms with Gasteiger partial charge in [0.2, 0.25) is 5.91 Å². The molecule has 35 heavy (non-hydrogen) atoms. The number of rotatable bonds is 10. The van der Waals surface area contributed by atoms with Crippen molar-refractivity contribution in [2.75, 3.05) is 32.8 Å². The highest BCUT2D eigenvalue weighted by molar-refractivity contribution is 7.10. The van der Waals surface area contributed by atoms with E-state index in [9.17, 15) is 9.90 Å². The third-order valence-corrected chi connectivity index (χ3v) is 7.41. The molecular formula is C29H36N2O3S. The van der Waals surface area contributed by atoms with Crippen molar-refractivity contribution in [3.05, 3.63) is 87.6 Å². The van der Waals surface area contributed by atoms with E-state index in [-0.39, 0.29) is 18.5 Å². The lowest BCUT2D eigenvalue weighted by atomic mass is 10.00. The number of thiophene rings is 1. The second-order valence-corrected chi connectivity index (χ2v) is 10.8. The van der Waals surface area contributed by atoms with E-state index >= 15 is 0 Å². The molecule has 0 saturated carbocycles. The van der Waals surface area contributed by atoms with E-state index in [1.807, 2.05) is 66.4 Å². The fourth-order valence-corrected chi connectivity index (χ4v) is 5.71. The summed E-state index contributed by atoms with van der Waals surface area (Å²) >= 11 is 1.76. The molecule has 0 saturated heterocycles. The van der Waals surface area contributed by atoms with Gasteiger partial charge in [0, 0.05) is 24.5 Å². The van der Waals surface area contributed by atoms with Crippen LogP contribution in [0, 0.1) is 12.8 Å². The van der Waals surface area contributed by atoms with Crippen LogP contribution in [0.15, 0.2) is 66.0 Å². The van der Waals surface area contributed by atoms with E-state index in [1.165, 1.54) is 10.4 Å². The lowest BCUT2D eigenvalue weighted by molar-refractivity contribution is -0.136. The second-order valence-electron chi connectivity index (χ2n) is 9.79. The molecule has 2 aromatic carbocycles. The van der Waals surface area contributed by atoms with Crippen LogP contribution in [0.2, 0.25) is 0 Å². The molecule has 6 heteroatoms. The summed E-state index contributed by atoms with van der Waals surface area (Å²) in [5.41, 5.74) is 3.22. The van der Waals surface area contributed by atoms with Crippen LogP contribution < -0.4 is 4.74 Å². The number of aliphatic hydroxyl groups excluding tert-OH is 1. The predicted octanol–water partition coefficient (Wildman–Crippen LogP) is 5.25. The van der Waals surface area contributed by atoms with Gasteiger partial charge in [-0.15, -0.1) is 11.3 Å². The van der Waals surface area contributed by atoms with Crippen molar-refractivity contribution < 1.29 is 14.6 Å². The van der Waals surface area contributed by atoms with Crippen molar-refractivity contribution in [2.45, 2.75) is 39.3 Å². The summed E-state index contributed by atoms with van der Waals surface area (Å²) in [6.07, 6.45) is 0.240. The third kappa shape index (κ3) is 6.72. The van der Waals surface area contributed by atoms with Crippen LogP contribution in [0.25, 0.3) is 0 Å². The molecule has 0 bridgehead atoms. The Hall–Kier alpha value is -2.67. The molecule has 5 nitrogen and oxygen atoms in total. The van der Waals surface area contributed by atoms with Crippen LogP contribution in [0.4, 0.5) is 0 Å². The number of nitrogens with zero attached hydrogens (tertiary/aromatic N) is 2. The fourth-order valence-electron chi connectivity index (χ4n) is 4.78. The maximum atomic E-state index is 13.7. The van der Waals surface area contributed by atoms with Crippen LogP contribution >= 0.6 is 11.3 Å². The average Bonchev–Trinajstić information content (AvgIpc) is 3.32. The lowest BCUT2D eigenvalue weighted by Gasteiger charge is -2.37. The van der Waals surface area contributed by atoms with Gasteiger partial charge in [-0.05, 0) is 59.5 Å². The topological polar surface area (TPSA) is 53.0 Å². The minimum Gasteiger partial charge on any atom is -0.491 e. The first-order chi connectivity index (χ1) is 16.9. The monoisotopic (exact) mass is 492 g/mol. The number of carbonyl (C=O) groups is 1. The van der Waals surface area contributed by atoms with E-state index in [1.54, 1.807) is 11.3 Å². The highest BCUT2D eigenvalue weighted by atomic mass is 32.1. The van der Waals surface area contributed by atoms with Gasteiger partial charge in [0.1, 0.15) is 12.4 Å². The number of carbonyl (C=O) groups excluding carboxylic acids is 1. The number of aliphatic hydroxyl groups is 1. The molecule has 0 spiro atoms. The molecule has 1 amide bonds. The summed E-state index contributed by atoms with van der Waals surface area (Å²) < 4.78 is 6.18. The van der Waals surface area contributed by atoms with Crippen LogP contribution in [-0.2, 0) is 11.2 Å². The molecule has 1 aromatic heterocycles. The summed E-state index contributed by atoms with van der Waals surface area (Å²) in [5, 5.41) is 12.9. The van der Waals surface area contributed by atoms with Crippen LogP contribution in [0.3, 0.4) is 0 Å².